The van der Waals surface area contributed by atoms with Gasteiger partial charge in [0.15, 0.2) is 17.3 Å². The van der Waals surface area contributed by atoms with Crippen molar-refractivity contribution >= 4 is 5.91 Å². The molecule has 0 aliphatic carbocycles. The molecular weight excluding hydrogens is 378 g/mol. The van der Waals surface area contributed by atoms with Gasteiger partial charge in [-0.15, -0.1) is 0 Å². The van der Waals surface area contributed by atoms with Gasteiger partial charge < -0.3 is 15.0 Å². The lowest BCUT2D eigenvalue weighted by Gasteiger charge is -2.32. The number of amides is 1. The second-order valence-corrected chi connectivity index (χ2v) is 8.81. The van der Waals surface area contributed by atoms with Crippen molar-refractivity contribution in [2.75, 3.05) is 13.7 Å². The maximum Gasteiger partial charge on any atom is 0.272 e. The van der Waals surface area contributed by atoms with Crippen LogP contribution < -0.4 is 5.32 Å². The van der Waals surface area contributed by atoms with Gasteiger partial charge in [0, 0.05) is 24.7 Å². The summed E-state index contributed by atoms with van der Waals surface area (Å²) in [6.07, 6.45) is 0. The number of halogens is 2. The number of aromatic nitrogens is 2. The Hall–Kier alpha value is -2.32. The van der Waals surface area contributed by atoms with Crippen LogP contribution in [0.5, 0.6) is 0 Å². The van der Waals surface area contributed by atoms with Crippen molar-refractivity contribution in [2.24, 2.45) is 5.41 Å². The van der Waals surface area contributed by atoms with E-state index in [0.29, 0.717) is 30.2 Å². The zero-order chi connectivity index (χ0) is 21.5. The standard InChI is InChI=1S/C21H28F2N4O2/c1-12-9-27-16(10-26(12)5)18(20(29)24-17(11-28)21(2,3)4)25-19(27)13-6-7-14(22)15(23)8-13/h6-8,12,17,28H,9-11H2,1-5H3,(H,24,29)/t12?,17-/m1/s1. The Balaban J connectivity index is 2.06. The van der Waals surface area contributed by atoms with Crippen molar-refractivity contribution in [3.05, 3.63) is 41.2 Å². The molecule has 1 unspecified atom stereocenters. The largest absolute Gasteiger partial charge is 0.394 e. The van der Waals surface area contributed by atoms with Crippen LogP contribution >= 0.6 is 0 Å². The number of rotatable bonds is 4. The van der Waals surface area contributed by atoms with E-state index < -0.39 is 17.7 Å². The molecule has 29 heavy (non-hydrogen) atoms. The molecule has 6 nitrogen and oxygen atoms in total. The lowest BCUT2D eigenvalue weighted by atomic mass is 9.87. The lowest BCUT2D eigenvalue weighted by molar-refractivity contribution is 0.0839. The topological polar surface area (TPSA) is 70.4 Å². The van der Waals surface area contributed by atoms with Crippen molar-refractivity contribution in [1.29, 1.82) is 0 Å². The van der Waals surface area contributed by atoms with Gasteiger partial charge in [-0.25, -0.2) is 13.8 Å². The molecule has 0 bridgehead atoms. The Labute approximate surface area is 169 Å². The number of nitrogens with zero attached hydrogens (tertiary/aromatic N) is 3. The van der Waals surface area contributed by atoms with Crippen LogP contribution in [-0.2, 0) is 13.1 Å². The summed E-state index contributed by atoms with van der Waals surface area (Å²) < 4.78 is 29.1. The maximum absolute atomic E-state index is 13.8. The van der Waals surface area contributed by atoms with E-state index in [9.17, 15) is 18.7 Å². The van der Waals surface area contributed by atoms with E-state index in [-0.39, 0.29) is 29.7 Å². The van der Waals surface area contributed by atoms with Crippen molar-refractivity contribution in [3.8, 4) is 11.4 Å². The summed E-state index contributed by atoms with van der Waals surface area (Å²) in [6.45, 7) is 8.72. The van der Waals surface area contributed by atoms with E-state index in [1.807, 2.05) is 32.4 Å². The molecule has 1 aliphatic heterocycles. The molecule has 1 amide bonds. The number of likely N-dealkylation sites (N-methyl/N-ethyl adjacent to an activating group) is 1. The Morgan fingerprint density at radius 1 is 1.34 bits per heavy atom. The third kappa shape index (κ3) is 4.18. The second-order valence-electron chi connectivity index (χ2n) is 8.81. The molecule has 0 fully saturated rings. The summed E-state index contributed by atoms with van der Waals surface area (Å²) in [6, 6.07) is 3.37. The van der Waals surface area contributed by atoms with Gasteiger partial charge in [0.25, 0.3) is 5.91 Å². The first kappa shape index (κ1) is 21.4. The minimum Gasteiger partial charge on any atom is -0.394 e. The smallest absolute Gasteiger partial charge is 0.272 e. The van der Waals surface area contributed by atoms with Gasteiger partial charge in [-0.2, -0.15) is 0 Å². The zero-order valence-corrected chi connectivity index (χ0v) is 17.5. The third-order valence-electron chi connectivity index (χ3n) is 5.60. The molecule has 1 aromatic heterocycles. The van der Waals surface area contributed by atoms with Crippen LogP contribution in [-0.4, -0.2) is 51.2 Å². The molecule has 2 aromatic rings. The highest BCUT2D eigenvalue weighted by Gasteiger charge is 2.32. The summed E-state index contributed by atoms with van der Waals surface area (Å²) in [7, 11) is 1.96. The summed E-state index contributed by atoms with van der Waals surface area (Å²) in [5, 5.41) is 12.6. The number of nitrogens with one attached hydrogen (secondary N) is 1. The van der Waals surface area contributed by atoms with Crippen molar-refractivity contribution in [3.63, 3.8) is 0 Å². The summed E-state index contributed by atoms with van der Waals surface area (Å²) >= 11 is 0. The summed E-state index contributed by atoms with van der Waals surface area (Å²) in [5.74, 6) is -1.85. The van der Waals surface area contributed by atoms with Gasteiger partial charge in [-0.3, -0.25) is 9.69 Å². The van der Waals surface area contributed by atoms with E-state index in [0.717, 1.165) is 12.1 Å². The van der Waals surface area contributed by atoms with E-state index in [1.54, 1.807) is 0 Å². The Bertz CT molecular complexity index is 920. The van der Waals surface area contributed by atoms with E-state index >= 15 is 0 Å². The number of hydrogen-bond acceptors (Lipinski definition) is 4. The maximum atomic E-state index is 13.8. The van der Waals surface area contributed by atoms with Gasteiger partial charge in [0.1, 0.15) is 5.82 Å². The Morgan fingerprint density at radius 2 is 2.03 bits per heavy atom. The minimum absolute atomic E-state index is 0.191. The molecule has 0 spiro atoms. The molecule has 1 aromatic carbocycles. The van der Waals surface area contributed by atoms with Crippen LogP contribution in [0, 0.1) is 17.0 Å². The lowest BCUT2D eigenvalue weighted by Crippen LogP contribution is -2.47. The zero-order valence-electron chi connectivity index (χ0n) is 17.5. The monoisotopic (exact) mass is 406 g/mol. The van der Waals surface area contributed by atoms with E-state index in [4.69, 9.17) is 0 Å². The molecule has 2 atom stereocenters. The van der Waals surface area contributed by atoms with Crippen LogP contribution in [0.25, 0.3) is 11.4 Å². The number of hydrogen-bond donors (Lipinski definition) is 2. The number of carbonyl (C=O) groups excluding carboxylic acids is 1. The highest BCUT2D eigenvalue weighted by Crippen LogP contribution is 2.29. The number of aliphatic hydroxyl groups excluding tert-OH is 1. The predicted octanol–water partition coefficient (Wildman–Crippen LogP) is 2.80. The predicted molar refractivity (Wildman–Crippen MR) is 106 cm³/mol. The fourth-order valence-electron chi connectivity index (χ4n) is 3.44. The first-order valence-corrected chi connectivity index (χ1v) is 9.69. The number of benzene rings is 1. The molecule has 8 heteroatoms. The number of carbonyl (C=O) groups is 1. The molecule has 3 rings (SSSR count). The van der Waals surface area contributed by atoms with Gasteiger partial charge in [-0.1, -0.05) is 20.8 Å². The second kappa shape index (κ2) is 7.84. The highest BCUT2D eigenvalue weighted by atomic mass is 19.2. The highest BCUT2D eigenvalue weighted by molar-refractivity contribution is 5.94. The van der Waals surface area contributed by atoms with Crippen LogP contribution in [0.1, 0.15) is 43.9 Å². The molecule has 1 aliphatic rings. The average molecular weight is 406 g/mol. The van der Waals surface area contributed by atoms with Gasteiger partial charge in [0.2, 0.25) is 0 Å². The molecule has 0 saturated heterocycles. The van der Waals surface area contributed by atoms with Crippen LogP contribution in [0.2, 0.25) is 0 Å². The molecule has 0 radical (unpaired) electrons. The fourth-order valence-corrected chi connectivity index (χ4v) is 3.44. The fraction of sp³-hybridized carbons (Fsp3) is 0.524. The number of fused-ring (bicyclic) bond motifs is 1. The quantitative estimate of drug-likeness (QED) is 0.819. The van der Waals surface area contributed by atoms with E-state index in [1.165, 1.54) is 6.07 Å². The van der Waals surface area contributed by atoms with Crippen molar-refractivity contribution in [1.82, 2.24) is 19.8 Å². The number of aliphatic hydroxyl groups is 1. The molecular formula is C21H28F2N4O2. The molecule has 2 N–H and O–H groups in total. The normalized spacial score (nSPS) is 18.4. The third-order valence-corrected chi connectivity index (χ3v) is 5.60. The Morgan fingerprint density at radius 3 is 2.62 bits per heavy atom. The SMILES string of the molecule is CC1Cn2c(-c3ccc(F)c(F)c3)nc(C(=O)N[C@H](CO)C(C)(C)C)c2CN1C. The average Bonchev–Trinajstić information content (AvgIpc) is 2.99. The molecule has 0 saturated carbocycles. The summed E-state index contributed by atoms with van der Waals surface area (Å²) in [4.78, 5) is 19.7. The molecule has 158 valence electrons. The molecule has 2 heterocycles. The van der Waals surface area contributed by atoms with Crippen LogP contribution in [0.3, 0.4) is 0 Å². The van der Waals surface area contributed by atoms with Crippen molar-refractivity contribution < 1.29 is 18.7 Å². The van der Waals surface area contributed by atoms with Gasteiger partial charge in [0.05, 0.1) is 18.3 Å². The van der Waals surface area contributed by atoms with E-state index in [2.05, 4.69) is 22.1 Å². The van der Waals surface area contributed by atoms with Crippen molar-refractivity contribution in [2.45, 2.75) is 52.9 Å². The van der Waals surface area contributed by atoms with Crippen LogP contribution in [0.4, 0.5) is 8.78 Å². The summed E-state index contributed by atoms with van der Waals surface area (Å²) in [5.41, 5.74) is 1.04. The first-order valence-electron chi connectivity index (χ1n) is 9.69. The minimum atomic E-state index is -0.958. The first-order chi connectivity index (χ1) is 13.5. The Kier molecular flexibility index (Phi) is 5.78. The van der Waals surface area contributed by atoms with Gasteiger partial charge in [-0.05, 0) is 37.6 Å². The van der Waals surface area contributed by atoms with Crippen LogP contribution in [0.15, 0.2) is 18.2 Å². The number of imidazole rings is 1. The van der Waals surface area contributed by atoms with Gasteiger partial charge >= 0.3 is 0 Å².